The van der Waals surface area contributed by atoms with Gasteiger partial charge in [-0.2, -0.15) is 0 Å². The van der Waals surface area contributed by atoms with Crippen LogP contribution in [0, 0.1) is 0 Å². The number of benzene rings is 1. The minimum Gasteiger partial charge on any atom is -0.399 e. The summed E-state index contributed by atoms with van der Waals surface area (Å²) in [4.78, 5) is 15.8. The van der Waals surface area contributed by atoms with Crippen LogP contribution in [-0.2, 0) is 0 Å². The second-order valence-electron chi connectivity index (χ2n) is 3.76. The summed E-state index contributed by atoms with van der Waals surface area (Å²) in [6.45, 7) is 0. The third-order valence-electron chi connectivity index (χ3n) is 2.42. The normalized spacial score (nSPS) is 10.6. The topological polar surface area (TPSA) is 56.0 Å². The zero-order valence-electron chi connectivity index (χ0n) is 9.31. The number of nitrogens with zero attached hydrogens (tertiary/aromatic N) is 1. The molecule has 2 N–H and O–H groups in total. The number of anilines is 1. The Morgan fingerprint density at radius 2 is 2.00 bits per heavy atom. The van der Waals surface area contributed by atoms with E-state index in [1.54, 1.807) is 12.1 Å². The average molecular weight is 248 g/mol. The lowest BCUT2D eigenvalue weighted by Crippen LogP contribution is -2.04. The van der Waals surface area contributed by atoms with Gasteiger partial charge in [0.2, 0.25) is 0 Å². The van der Waals surface area contributed by atoms with E-state index in [0.29, 0.717) is 5.56 Å². The van der Waals surface area contributed by atoms with E-state index in [1.807, 2.05) is 0 Å². The van der Waals surface area contributed by atoms with Crippen LogP contribution in [0.1, 0.15) is 27.9 Å². The molecular weight excluding hydrogens is 238 g/mol. The van der Waals surface area contributed by atoms with Crippen LogP contribution in [0.25, 0.3) is 0 Å². The number of rotatable bonds is 3. The molecule has 0 unspecified atom stereocenters. The summed E-state index contributed by atoms with van der Waals surface area (Å²) in [5, 5.41) is 0. The number of hydrogen-bond acceptors (Lipinski definition) is 3. The van der Waals surface area contributed by atoms with Gasteiger partial charge >= 0.3 is 0 Å². The summed E-state index contributed by atoms with van der Waals surface area (Å²) in [6, 6.07) is 6.86. The van der Waals surface area contributed by atoms with Gasteiger partial charge in [-0.1, -0.05) is 0 Å². The highest BCUT2D eigenvalue weighted by atomic mass is 19.3. The Labute approximate surface area is 102 Å². The third kappa shape index (κ3) is 2.51. The maximum Gasteiger partial charge on any atom is 0.263 e. The molecule has 0 radical (unpaired) electrons. The second-order valence-corrected chi connectivity index (χ2v) is 3.76. The first-order valence-corrected chi connectivity index (χ1v) is 5.21. The highest BCUT2D eigenvalue weighted by molar-refractivity contribution is 6.09. The van der Waals surface area contributed by atoms with E-state index in [2.05, 4.69) is 4.98 Å². The molecule has 1 aromatic heterocycles. The molecule has 18 heavy (non-hydrogen) atoms. The predicted molar refractivity (Wildman–Crippen MR) is 63.5 cm³/mol. The molecule has 0 bridgehead atoms. The van der Waals surface area contributed by atoms with E-state index in [1.165, 1.54) is 18.5 Å². The van der Waals surface area contributed by atoms with Gasteiger partial charge in [-0.15, -0.1) is 0 Å². The van der Waals surface area contributed by atoms with Gasteiger partial charge < -0.3 is 5.73 Å². The molecule has 2 aromatic rings. The lowest BCUT2D eigenvalue weighted by Gasteiger charge is -2.06. The third-order valence-corrected chi connectivity index (χ3v) is 2.42. The number of carbonyl (C=O) groups is 1. The molecule has 0 aliphatic heterocycles. The molecular formula is C13H10F2N2O. The molecule has 1 aromatic carbocycles. The number of alkyl halides is 2. The van der Waals surface area contributed by atoms with E-state index in [4.69, 9.17) is 5.73 Å². The van der Waals surface area contributed by atoms with Gasteiger partial charge in [-0.25, -0.2) is 8.78 Å². The van der Waals surface area contributed by atoms with Crippen LogP contribution >= 0.6 is 0 Å². The number of hydrogen-bond donors (Lipinski definition) is 1. The number of aromatic nitrogens is 1. The smallest absolute Gasteiger partial charge is 0.263 e. The maximum absolute atomic E-state index is 12.6. The van der Waals surface area contributed by atoms with E-state index in [9.17, 15) is 13.6 Å². The predicted octanol–water partition coefficient (Wildman–Crippen LogP) is 2.83. The van der Waals surface area contributed by atoms with Gasteiger partial charge in [-0.05, 0) is 30.3 Å². The van der Waals surface area contributed by atoms with Gasteiger partial charge in [0.15, 0.2) is 5.78 Å². The molecule has 0 aliphatic rings. The lowest BCUT2D eigenvalue weighted by atomic mass is 10.0. The molecule has 0 fully saturated rings. The molecule has 3 nitrogen and oxygen atoms in total. The summed E-state index contributed by atoms with van der Waals surface area (Å²) in [5.41, 5.74) is 5.86. The molecule has 1 heterocycles. The molecule has 0 aliphatic carbocycles. The van der Waals surface area contributed by atoms with Crippen LogP contribution in [-0.4, -0.2) is 10.8 Å². The van der Waals surface area contributed by atoms with Gasteiger partial charge in [0.1, 0.15) is 0 Å². The summed E-state index contributed by atoms with van der Waals surface area (Å²) >= 11 is 0. The number of halogens is 2. The van der Waals surface area contributed by atoms with Crippen LogP contribution in [0.3, 0.4) is 0 Å². The van der Waals surface area contributed by atoms with Crippen molar-refractivity contribution >= 4 is 11.5 Å². The number of ketones is 1. The highest BCUT2D eigenvalue weighted by Crippen LogP contribution is 2.24. The molecule has 0 spiro atoms. The lowest BCUT2D eigenvalue weighted by molar-refractivity contribution is 0.103. The molecule has 0 saturated carbocycles. The van der Waals surface area contributed by atoms with E-state index in [0.717, 1.165) is 12.1 Å². The van der Waals surface area contributed by atoms with Gasteiger partial charge in [-0.3, -0.25) is 9.78 Å². The number of nitrogens with two attached hydrogens (primary N) is 1. The van der Waals surface area contributed by atoms with Gasteiger partial charge in [0.25, 0.3) is 6.43 Å². The molecule has 0 amide bonds. The number of pyridine rings is 1. The van der Waals surface area contributed by atoms with Crippen molar-refractivity contribution in [2.75, 3.05) is 5.73 Å². The van der Waals surface area contributed by atoms with Crippen molar-refractivity contribution in [3.05, 3.63) is 59.4 Å². The van der Waals surface area contributed by atoms with E-state index >= 15 is 0 Å². The van der Waals surface area contributed by atoms with Crippen LogP contribution in [0.5, 0.6) is 0 Å². The fourth-order valence-corrected chi connectivity index (χ4v) is 1.60. The fraction of sp³-hybridized carbons (Fsp3) is 0.0769. The van der Waals surface area contributed by atoms with Crippen molar-refractivity contribution in [3.63, 3.8) is 0 Å². The van der Waals surface area contributed by atoms with Crippen molar-refractivity contribution in [3.8, 4) is 0 Å². The first-order chi connectivity index (χ1) is 8.58. The second kappa shape index (κ2) is 4.91. The Hall–Kier alpha value is -2.30. The molecule has 0 atom stereocenters. The monoisotopic (exact) mass is 248 g/mol. The van der Waals surface area contributed by atoms with E-state index < -0.39 is 6.43 Å². The standard InChI is InChI=1S/C13H10F2N2O/c14-13(15)10-4-9(5-11(16)6-10)12(18)8-2-1-3-17-7-8/h1-7,13H,16H2. The zero-order valence-corrected chi connectivity index (χ0v) is 9.31. The van der Waals surface area contributed by atoms with Crippen molar-refractivity contribution in [2.45, 2.75) is 6.43 Å². The van der Waals surface area contributed by atoms with Gasteiger partial charge in [0.05, 0.1) is 0 Å². The van der Waals surface area contributed by atoms with Crippen molar-refractivity contribution in [2.24, 2.45) is 0 Å². The Balaban J connectivity index is 2.42. The summed E-state index contributed by atoms with van der Waals surface area (Å²) in [5.74, 6) is -0.377. The van der Waals surface area contributed by atoms with Crippen molar-refractivity contribution < 1.29 is 13.6 Å². The maximum atomic E-state index is 12.6. The Morgan fingerprint density at radius 3 is 2.61 bits per heavy atom. The van der Waals surface area contributed by atoms with Crippen molar-refractivity contribution in [1.29, 1.82) is 0 Å². The minimum atomic E-state index is -2.66. The SMILES string of the molecule is Nc1cc(C(=O)c2cccnc2)cc(C(F)F)c1. The Bertz CT molecular complexity index is 570. The molecule has 5 heteroatoms. The van der Waals surface area contributed by atoms with Crippen molar-refractivity contribution in [1.82, 2.24) is 4.98 Å². The number of carbonyl (C=O) groups excluding carboxylic acids is 1. The first-order valence-electron chi connectivity index (χ1n) is 5.21. The minimum absolute atomic E-state index is 0.137. The van der Waals surface area contributed by atoms with Crippen LogP contribution < -0.4 is 5.73 Å². The van der Waals surface area contributed by atoms with Gasteiger partial charge in [0, 0.05) is 34.8 Å². The molecule has 92 valence electrons. The van der Waals surface area contributed by atoms with Crippen LogP contribution in [0.4, 0.5) is 14.5 Å². The quantitative estimate of drug-likeness (QED) is 0.671. The number of nitrogen functional groups attached to an aromatic ring is 1. The van der Waals surface area contributed by atoms with Crippen LogP contribution in [0.2, 0.25) is 0 Å². The Kier molecular flexibility index (Phi) is 3.32. The fourth-order valence-electron chi connectivity index (χ4n) is 1.60. The zero-order chi connectivity index (χ0) is 13.1. The summed E-state index contributed by atoms with van der Waals surface area (Å²) in [6.07, 6.45) is 0.253. The first kappa shape index (κ1) is 12.2. The average Bonchev–Trinajstić information content (AvgIpc) is 2.38. The molecule has 0 saturated heterocycles. The Morgan fingerprint density at radius 1 is 1.22 bits per heavy atom. The molecule has 2 rings (SSSR count). The van der Waals surface area contributed by atoms with Crippen LogP contribution in [0.15, 0.2) is 42.7 Å². The highest BCUT2D eigenvalue weighted by Gasteiger charge is 2.14. The summed E-state index contributed by atoms with van der Waals surface area (Å²) < 4.78 is 25.2. The van der Waals surface area contributed by atoms with E-state index in [-0.39, 0.29) is 22.6 Å². The largest absolute Gasteiger partial charge is 0.399 e. The summed E-state index contributed by atoms with van der Waals surface area (Å²) in [7, 11) is 0.